The summed E-state index contributed by atoms with van der Waals surface area (Å²) in [6, 6.07) is 6.97. The molecular weight excluding hydrogens is 180 g/mol. The first-order valence-electron chi connectivity index (χ1n) is 6.07. The highest BCUT2D eigenvalue weighted by Crippen LogP contribution is 2.17. The minimum absolute atomic E-state index is 0.750. The molecule has 0 N–H and O–H groups in total. The number of aryl methyl sites for hydroxylation is 1. The Hall–Kier alpha value is -0.780. The van der Waals surface area contributed by atoms with Gasteiger partial charge in [0.2, 0.25) is 0 Å². The molecule has 0 saturated heterocycles. The lowest BCUT2D eigenvalue weighted by Gasteiger charge is -2.11. The third-order valence-electron chi connectivity index (χ3n) is 2.68. The van der Waals surface area contributed by atoms with E-state index in [1.807, 2.05) is 0 Å². The van der Waals surface area contributed by atoms with Gasteiger partial charge in [-0.15, -0.1) is 0 Å². The molecule has 0 heteroatoms. The van der Waals surface area contributed by atoms with Gasteiger partial charge in [0.15, 0.2) is 0 Å². The molecule has 1 aromatic rings. The van der Waals surface area contributed by atoms with Gasteiger partial charge in [0.05, 0.1) is 0 Å². The van der Waals surface area contributed by atoms with Crippen LogP contribution in [0.4, 0.5) is 0 Å². The lowest BCUT2D eigenvalue weighted by Crippen LogP contribution is -1.99. The maximum Gasteiger partial charge on any atom is -0.0253 e. The average Bonchev–Trinajstić information content (AvgIpc) is 2.08. The van der Waals surface area contributed by atoms with Crippen molar-refractivity contribution in [2.75, 3.05) is 0 Å². The Kier molecular flexibility index (Phi) is 4.38. The van der Waals surface area contributed by atoms with Crippen molar-refractivity contribution >= 4 is 0 Å². The summed E-state index contributed by atoms with van der Waals surface area (Å²) >= 11 is 0. The van der Waals surface area contributed by atoms with Crippen molar-refractivity contribution in [2.45, 2.75) is 47.5 Å². The van der Waals surface area contributed by atoms with Crippen LogP contribution in [0.2, 0.25) is 0 Å². The number of rotatable bonds is 4. The summed E-state index contributed by atoms with van der Waals surface area (Å²) in [5.41, 5.74) is 4.45. The molecule has 0 aliphatic carbocycles. The third kappa shape index (κ3) is 4.07. The Bertz CT molecular complexity index is 308. The van der Waals surface area contributed by atoms with E-state index in [2.05, 4.69) is 52.8 Å². The lowest BCUT2D eigenvalue weighted by atomic mass is 9.94. The molecule has 84 valence electrons. The van der Waals surface area contributed by atoms with E-state index in [0.29, 0.717) is 0 Å². The van der Waals surface area contributed by atoms with Crippen molar-refractivity contribution in [3.8, 4) is 0 Å². The van der Waals surface area contributed by atoms with Crippen LogP contribution in [0.5, 0.6) is 0 Å². The first-order chi connectivity index (χ1) is 6.99. The van der Waals surface area contributed by atoms with Gasteiger partial charge < -0.3 is 0 Å². The highest BCUT2D eigenvalue weighted by Gasteiger charge is 2.04. The molecule has 0 nitrogen and oxygen atoms in total. The monoisotopic (exact) mass is 204 g/mol. The second-order valence-electron chi connectivity index (χ2n) is 5.46. The molecule has 0 radical (unpaired) electrons. The van der Waals surface area contributed by atoms with Crippen LogP contribution in [-0.2, 0) is 12.8 Å². The van der Waals surface area contributed by atoms with Crippen molar-refractivity contribution < 1.29 is 0 Å². The summed E-state index contributed by atoms with van der Waals surface area (Å²) in [4.78, 5) is 0. The van der Waals surface area contributed by atoms with E-state index in [0.717, 1.165) is 11.8 Å². The van der Waals surface area contributed by atoms with Gasteiger partial charge in [0.25, 0.3) is 0 Å². The molecule has 0 heterocycles. The first kappa shape index (κ1) is 12.3. The molecule has 1 aromatic carbocycles. The normalized spacial score (nSPS) is 11.4. The smallest absolute Gasteiger partial charge is 0.0253 e. The Morgan fingerprint density at radius 2 is 1.53 bits per heavy atom. The Morgan fingerprint density at radius 3 is 2.00 bits per heavy atom. The highest BCUT2D eigenvalue weighted by atomic mass is 14.1. The van der Waals surface area contributed by atoms with Crippen LogP contribution in [-0.4, -0.2) is 0 Å². The second kappa shape index (κ2) is 5.34. The van der Waals surface area contributed by atoms with Gasteiger partial charge in [-0.2, -0.15) is 0 Å². The molecule has 0 aromatic heterocycles. The van der Waals surface area contributed by atoms with Gasteiger partial charge in [0, 0.05) is 0 Å². The largest absolute Gasteiger partial charge is 0.0625 e. The van der Waals surface area contributed by atoms with Crippen molar-refractivity contribution in [1.29, 1.82) is 0 Å². The zero-order valence-corrected chi connectivity index (χ0v) is 10.8. The average molecular weight is 204 g/mol. The fourth-order valence-electron chi connectivity index (χ4n) is 2.03. The van der Waals surface area contributed by atoms with Gasteiger partial charge in [-0.25, -0.2) is 0 Å². The summed E-state index contributed by atoms with van der Waals surface area (Å²) < 4.78 is 0. The molecule has 0 unspecified atom stereocenters. The van der Waals surface area contributed by atoms with E-state index in [1.54, 1.807) is 0 Å². The first-order valence-corrected chi connectivity index (χ1v) is 6.07. The predicted molar refractivity (Wildman–Crippen MR) is 68.3 cm³/mol. The molecule has 0 aliphatic rings. The topological polar surface area (TPSA) is 0 Å². The van der Waals surface area contributed by atoms with Crippen LogP contribution in [0.1, 0.15) is 44.4 Å². The zero-order chi connectivity index (χ0) is 11.4. The quantitative estimate of drug-likeness (QED) is 0.682. The van der Waals surface area contributed by atoms with Gasteiger partial charge in [0.1, 0.15) is 0 Å². The van der Waals surface area contributed by atoms with Crippen LogP contribution < -0.4 is 0 Å². The van der Waals surface area contributed by atoms with Crippen LogP contribution in [0.15, 0.2) is 18.2 Å². The van der Waals surface area contributed by atoms with E-state index in [-0.39, 0.29) is 0 Å². The van der Waals surface area contributed by atoms with Crippen LogP contribution in [0.25, 0.3) is 0 Å². The zero-order valence-electron chi connectivity index (χ0n) is 10.8. The van der Waals surface area contributed by atoms with Crippen molar-refractivity contribution in [2.24, 2.45) is 11.8 Å². The van der Waals surface area contributed by atoms with E-state index in [4.69, 9.17) is 0 Å². The minimum Gasteiger partial charge on any atom is -0.0625 e. The molecule has 0 atom stereocenters. The van der Waals surface area contributed by atoms with E-state index in [1.165, 1.54) is 29.5 Å². The number of benzene rings is 1. The summed E-state index contributed by atoms with van der Waals surface area (Å²) in [5, 5.41) is 0. The van der Waals surface area contributed by atoms with E-state index < -0.39 is 0 Å². The van der Waals surface area contributed by atoms with Crippen molar-refractivity contribution in [1.82, 2.24) is 0 Å². The van der Waals surface area contributed by atoms with Crippen LogP contribution in [0, 0.1) is 18.8 Å². The lowest BCUT2D eigenvalue weighted by molar-refractivity contribution is 0.638. The van der Waals surface area contributed by atoms with Crippen LogP contribution >= 0.6 is 0 Å². The fraction of sp³-hybridized carbons (Fsp3) is 0.600. The van der Waals surface area contributed by atoms with Gasteiger partial charge >= 0.3 is 0 Å². The molecule has 0 fully saturated rings. The summed E-state index contributed by atoms with van der Waals surface area (Å²) in [7, 11) is 0. The molecule has 0 saturated carbocycles. The van der Waals surface area contributed by atoms with E-state index in [9.17, 15) is 0 Å². The molecular formula is C15H24. The molecule has 0 bridgehead atoms. The van der Waals surface area contributed by atoms with E-state index >= 15 is 0 Å². The van der Waals surface area contributed by atoms with Gasteiger partial charge in [-0.1, -0.05) is 45.9 Å². The Labute approximate surface area is 94.7 Å². The third-order valence-corrected chi connectivity index (χ3v) is 2.68. The molecule has 1 rings (SSSR count). The van der Waals surface area contributed by atoms with Crippen molar-refractivity contribution in [3.05, 3.63) is 34.9 Å². The Morgan fingerprint density at radius 1 is 0.933 bits per heavy atom. The summed E-state index contributed by atoms with van der Waals surface area (Å²) in [5.74, 6) is 1.50. The Balaban J connectivity index is 2.78. The van der Waals surface area contributed by atoms with Gasteiger partial charge in [-0.3, -0.25) is 0 Å². The standard InChI is InChI=1S/C15H24/c1-11(2)8-14-6-7-15(9-12(3)4)13(5)10-14/h6-7,10-12H,8-9H2,1-5H3. The maximum atomic E-state index is 2.36. The molecule has 15 heavy (non-hydrogen) atoms. The number of hydrogen-bond donors (Lipinski definition) is 0. The number of hydrogen-bond acceptors (Lipinski definition) is 0. The van der Waals surface area contributed by atoms with Crippen LogP contribution in [0.3, 0.4) is 0 Å². The highest BCUT2D eigenvalue weighted by molar-refractivity contribution is 5.31. The fourth-order valence-corrected chi connectivity index (χ4v) is 2.03. The molecule has 0 amide bonds. The molecule has 0 spiro atoms. The molecule has 0 aliphatic heterocycles. The van der Waals surface area contributed by atoms with Gasteiger partial charge in [-0.05, 0) is 48.3 Å². The predicted octanol–water partition coefficient (Wildman–Crippen LogP) is 4.39. The maximum absolute atomic E-state index is 2.36. The summed E-state index contributed by atoms with van der Waals surface area (Å²) in [6.45, 7) is 11.3. The second-order valence-corrected chi connectivity index (χ2v) is 5.46. The minimum atomic E-state index is 0.750. The SMILES string of the molecule is Cc1cc(CC(C)C)ccc1CC(C)C. The van der Waals surface area contributed by atoms with Crippen molar-refractivity contribution in [3.63, 3.8) is 0 Å². The summed E-state index contributed by atoms with van der Waals surface area (Å²) in [6.07, 6.45) is 2.40.